The van der Waals surface area contributed by atoms with Crippen LogP contribution in [0.5, 0.6) is 0 Å². The number of allylic oxidation sites excluding steroid dienone is 1. The predicted molar refractivity (Wildman–Crippen MR) is 92.8 cm³/mol. The Morgan fingerprint density at radius 2 is 2.16 bits per heavy atom. The lowest BCUT2D eigenvalue weighted by molar-refractivity contribution is -0.119. The van der Waals surface area contributed by atoms with Crippen LogP contribution in [0.4, 0.5) is 10.5 Å². The molecule has 1 N–H and O–H groups in total. The molecule has 3 heterocycles. The van der Waals surface area contributed by atoms with Gasteiger partial charge >= 0.3 is 6.09 Å². The largest absolute Gasteiger partial charge is 0.447 e. The monoisotopic (exact) mass is 338 g/mol. The topological polar surface area (TPSA) is 76.5 Å². The van der Waals surface area contributed by atoms with Gasteiger partial charge in [-0.2, -0.15) is 0 Å². The first-order chi connectivity index (χ1) is 12.1. The Morgan fingerprint density at radius 1 is 1.36 bits per heavy atom. The second-order valence-corrected chi connectivity index (χ2v) is 6.20. The Hall–Kier alpha value is -3.09. The first-order valence-electron chi connectivity index (χ1n) is 8.13. The van der Waals surface area contributed by atoms with Crippen LogP contribution in [0.25, 0.3) is 11.6 Å². The van der Waals surface area contributed by atoms with E-state index in [4.69, 9.17) is 4.74 Å². The number of aromatic nitrogens is 2. The number of anilines is 1. The average Bonchev–Trinajstić information content (AvgIpc) is 3.27. The predicted octanol–water partition coefficient (Wildman–Crippen LogP) is 1.90. The van der Waals surface area contributed by atoms with E-state index in [0.717, 1.165) is 23.5 Å². The number of fused-ring (bicyclic) bond motifs is 1. The van der Waals surface area contributed by atoms with E-state index in [-0.39, 0.29) is 24.6 Å². The number of rotatable bonds is 4. The Bertz CT molecular complexity index is 853. The van der Waals surface area contributed by atoms with Gasteiger partial charge < -0.3 is 14.6 Å². The van der Waals surface area contributed by atoms with E-state index in [1.54, 1.807) is 4.90 Å². The van der Waals surface area contributed by atoms with Gasteiger partial charge in [0.2, 0.25) is 5.91 Å². The van der Waals surface area contributed by atoms with Crippen LogP contribution >= 0.6 is 0 Å². The minimum atomic E-state index is -0.384. The van der Waals surface area contributed by atoms with Gasteiger partial charge in [0.05, 0.1) is 24.3 Å². The zero-order valence-electron chi connectivity index (χ0n) is 13.8. The Labute approximate surface area is 144 Å². The van der Waals surface area contributed by atoms with E-state index in [0.29, 0.717) is 6.54 Å². The highest BCUT2D eigenvalue weighted by molar-refractivity contribution is 5.91. The van der Waals surface area contributed by atoms with E-state index in [2.05, 4.69) is 20.9 Å². The number of ether oxygens (including phenoxy) is 1. The third kappa shape index (κ3) is 2.88. The summed E-state index contributed by atoms with van der Waals surface area (Å²) in [5.41, 5.74) is 4.18. The van der Waals surface area contributed by atoms with Crippen LogP contribution in [-0.4, -0.2) is 40.7 Å². The summed E-state index contributed by atoms with van der Waals surface area (Å²) in [6.45, 7) is 2.90. The van der Waals surface area contributed by atoms with Crippen molar-refractivity contribution in [1.29, 1.82) is 0 Å². The van der Waals surface area contributed by atoms with E-state index in [1.807, 2.05) is 36.8 Å². The molecule has 7 heteroatoms. The smallest absolute Gasteiger partial charge is 0.414 e. The van der Waals surface area contributed by atoms with Crippen LogP contribution in [0.15, 0.2) is 36.8 Å². The summed E-state index contributed by atoms with van der Waals surface area (Å²) in [7, 11) is 0. The molecule has 1 unspecified atom stereocenters. The van der Waals surface area contributed by atoms with Gasteiger partial charge in [0.15, 0.2) is 0 Å². The SMILES string of the molecule is CC(=O)NCC1COC(=O)N1c1ccc(C2=Cc3cncn3C2)cc1. The van der Waals surface area contributed by atoms with Crippen LogP contribution in [-0.2, 0) is 16.1 Å². The molecule has 2 aromatic rings. The van der Waals surface area contributed by atoms with Crippen molar-refractivity contribution in [3.63, 3.8) is 0 Å². The number of hydrogen-bond donors (Lipinski definition) is 1. The maximum atomic E-state index is 12.1. The molecule has 2 amide bonds. The Kier molecular flexibility index (Phi) is 3.76. The normalized spacial score (nSPS) is 18.8. The van der Waals surface area contributed by atoms with Gasteiger partial charge in [0, 0.05) is 25.7 Å². The molecule has 0 aliphatic carbocycles. The van der Waals surface area contributed by atoms with Crippen LogP contribution < -0.4 is 10.2 Å². The fourth-order valence-electron chi connectivity index (χ4n) is 3.19. The molecule has 0 saturated carbocycles. The molecule has 1 aromatic heterocycles. The molecular weight excluding hydrogens is 320 g/mol. The molecule has 1 aromatic carbocycles. The fraction of sp³-hybridized carbons (Fsp3) is 0.278. The molecule has 0 radical (unpaired) electrons. The van der Waals surface area contributed by atoms with Gasteiger partial charge in [0.1, 0.15) is 6.61 Å². The van der Waals surface area contributed by atoms with Crippen molar-refractivity contribution < 1.29 is 14.3 Å². The van der Waals surface area contributed by atoms with Gasteiger partial charge in [-0.15, -0.1) is 0 Å². The molecule has 2 aliphatic rings. The summed E-state index contributed by atoms with van der Waals surface area (Å²) in [6.07, 6.45) is 5.39. The van der Waals surface area contributed by atoms with Crippen LogP contribution in [0, 0.1) is 0 Å². The van der Waals surface area contributed by atoms with Gasteiger partial charge in [-0.1, -0.05) is 12.1 Å². The quantitative estimate of drug-likeness (QED) is 0.924. The maximum Gasteiger partial charge on any atom is 0.414 e. The Balaban J connectivity index is 1.52. The molecule has 0 bridgehead atoms. The number of benzene rings is 1. The van der Waals surface area contributed by atoms with Crippen LogP contribution in [0.3, 0.4) is 0 Å². The molecule has 4 rings (SSSR count). The first kappa shape index (κ1) is 15.4. The number of nitrogens with one attached hydrogen (secondary N) is 1. The molecule has 1 fully saturated rings. The summed E-state index contributed by atoms with van der Waals surface area (Å²) in [6, 6.07) is 7.63. The van der Waals surface area contributed by atoms with Crippen molar-refractivity contribution in [2.24, 2.45) is 0 Å². The molecule has 0 spiro atoms. The highest BCUT2D eigenvalue weighted by Crippen LogP contribution is 2.29. The minimum Gasteiger partial charge on any atom is -0.447 e. The molecule has 2 aliphatic heterocycles. The summed E-state index contributed by atoms with van der Waals surface area (Å²) >= 11 is 0. The number of carbonyl (C=O) groups excluding carboxylic acids is 2. The summed E-state index contributed by atoms with van der Waals surface area (Å²) in [4.78, 5) is 28.9. The lowest BCUT2D eigenvalue weighted by Crippen LogP contribution is -2.42. The van der Waals surface area contributed by atoms with Crippen molar-refractivity contribution in [3.8, 4) is 0 Å². The van der Waals surface area contributed by atoms with Crippen molar-refractivity contribution in [1.82, 2.24) is 14.9 Å². The maximum absolute atomic E-state index is 12.1. The third-order valence-electron chi connectivity index (χ3n) is 4.47. The molecule has 1 atom stereocenters. The number of amides is 2. The molecule has 1 saturated heterocycles. The van der Waals surface area contributed by atoms with Gasteiger partial charge in [-0.3, -0.25) is 9.69 Å². The van der Waals surface area contributed by atoms with Crippen molar-refractivity contribution >= 4 is 29.3 Å². The first-order valence-corrected chi connectivity index (χ1v) is 8.13. The minimum absolute atomic E-state index is 0.124. The summed E-state index contributed by atoms with van der Waals surface area (Å²) < 4.78 is 7.23. The number of cyclic esters (lactones) is 1. The zero-order valence-corrected chi connectivity index (χ0v) is 13.8. The lowest BCUT2D eigenvalue weighted by atomic mass is 10.1. The second-order valence-electron chi connectivity index (χ2n) is 6.20. The van der Waals surface area contributed by atoms with Crippen LogP contribution in [0.2, 0.25) is 0 Å². The Morgan fingerprint density at radius 3 is 2.88 bits per heavy atom. The van der Waals surface area contributed by atoms with Gasteiger partial charge in [-0.05, 0) is 29.3 Å². The van der Waals surface area contributed by atoms with E-state index in [9.17, 15) is 9.59 Å². The van der Waals surface area contributed by atoms with Gasteiger partial charge in [0.25, 0.3) is 0 Å². The lowest BCUT2D eigenvalue weighted by Gasteiger charge is -2.21. The van der Waals surface area contributed by atoms with Gasteiger partial charge in [-0.25, -0.2) is 9.78 Å². The number of hydrogen-bond acceptors (Lipinski definition) is 4. The van der Waals surface area contributed by atoms with E-state index < -0.39 is 0 Å². The van der Waals surface area contributed by atoms with Crippen molar-refractivity contribution in [2.75, 3.05) is 18.1 Å². The molecular formula is C18H18N4O3. The zero-order chi connectivity index (χ0) is 17.4. The third-order valence-corrected chi connectivity index (χ3v) is 4.47. The van der Waals surface area contributed by atoms with E-state index >= 15 is 0 Å². The second kappa shape index (κ2) is 6.08. The highest BCUT2D eigenvalue weighted by Gasteiger charge is 2.34. The molecule has 25 heavy (non-hydrogen) atoms. The fourth-order valence-corrected chi connectivity index (χ4v) is 3.19. The molecule has 7 nitrogen and oxygen atoms in total. The summed E-state index contributed by atoms with van der Waals surface area (Å²) in [5, 5.41) is 2.74. The number of imidazole rings is 1. The number of nitrogens with zero attached hydrogens (tertiary/aromatic N) is 3. The highest BCUT2D eigenvalue weighted by atomic mass is 16.6. The van der Waals surface area contributed by atoms with E-state index in [1.165, 1.54) is 12.5 Å². The summed E-state index contributed by atoms with van der Waals surface area (Å²) in [5.74, 6) is -0.124. The van der Waals surface area contributed by atoms with Crippen LogP contribution in [0.1, 0.15) is 18.2 Å². The molecule has 128 valence electrons. The van der Waals surface area contributed by atoms with Crippen molar-refractivity contribution in [2.45, 2.75) is 19.5 Å². The average molecular weight is 338 g/mol. The number of carbonyl (C=O) groups is 2. The standard InChI is InChI=1S/C18H18N4O3/c1-12(23)20-8-17-10-25-18(24)22(17)15-4-2-13(3-5-15)14-6-16-7-19-11-21(16)9-14/h2-7,11,17H,8-10H2,1H3,(H,20,23). The van der Waals surface area contributed by atoms with Crippen molar-refractivity contribution in [3.05, 3.63) is 48.0 Å².